The minimum atomic E-state index is -0.551. The standard InChI is InChI=1S/C13H20O3/c1-12-8-5-9-13(12,16-12)11(14)15-10-6-3-2-4-7-10/h10H,2-9H2,1H3. The predicted molar refractivity (Wildman–Crippen MR) is 59.0 cm³/mol. The number of esters is 1. The van der Waals surface area contributed by atoms with Gasteiger partial charge in [0.05, 0.1) is 0 Å². The minimum Gasteiger partial charge on any atom is -0.460 e. The van der Waals surface area contributed by atoms with Crippen molar-refractivity contribution in [1.29, 1.82) is 0 Å². The summed E-state index contributed by atoms with van der Waals surface area (Å²) in [5.41, 5.74) is -0.747. The number of carbonyl (C=O) groups is 1. The highest BCUT2D eigenvalue weighted by Crippen LogP contribution is 2.60. The van der Waals surface area contributed by atoms with E-state index in [1.54, 1.807) is 0 Å². The van der Waals surface area contributed by atoms with E-state index in [4.69, 9.17) is 9.47 Å². The molecule has 90 valence electrons. The Bertz CT molecular complexity index is 304. The molecule has 3 rings (SSSR count). The van der Waals surface area contributed by atoms with Crippen molar-refractivity contribution in [3.05, 3.63) is 0 Å². The number of rotatable bonds is 2. The number of carbonyl (C=O) groups excluding carboxylic acids is 1. The topological polar surface area (TPSA) is 38.8 Å². The van der Waals surface area contributed by atoms with Gasteiger partial charge >= 0.3 is 5.97 Å². The van der Waals surface area contributed by atoms with Crippen molar-refractivity contribution in [2.24, 2.45) is 0 Å². The zero-order valence-corrected chi connectivity index (χ0v) is 9.96. The van der Waals surface area contributed by atoms with E-state index < -0.39 is 5.60 Å². The number of ether oxygens (including phenoxy) is 2. The molecule has 1 saturated heterocycles. The Hall–Kier alpha value is -0.570. The molecule has 3 fully saturated rings. The maximum Gasteiger partial charge on any atom is 0.341 e. The molecule has 0 aromatic rings. The Balaban J connectivity index is 1.61. The van der Waals surface area contributed by atoms with Gasteiger partial charge in [-0.05, 0) is 51.9 Å². The summed E-state index contributed by atoms with van der Waals surface area (Å²) in [6.07, 6.45) is 8.87. The number of hydrogen-bond donors (Lipinski definition) is 0. The lowest BCUT2D eigenvalue weighted by Crippen LogP contribution is -2.34. The fourth-order valence-electron chi connectivity index (χ4n) is 3.39. The lowest BCUT2D eigenvalue weighted by atomic mass is 9.96. The van der Waals surface area contributed by atoms with Crippen LogP contribution in [0.1, 0.15) is 58.3 Å². The van der Waals surface area contributed by atoms with Gasteiger partial charge in [0, 0.05) is 0 Å². The van der Waals surface area contributed by atoms with Gasteiger partial charge in [0.15, 0.2) is 5.60 Å². The maximum absolute atomic E-state index is 12.1. The molecular weight excluding hydrogens is 204 g/mol. The summed E-state index contributed by atoms with van der Waals surface area (Å²) in [7, 11) is 0. The fraction of sp³-hybridized carbons (Fsp3) is 0.923. The Labute approximate surface area is 96.5 Å². The van der Waals surface area contributed by atoms with Crippen LogP contribution in [0.15, 0.2) is 0 Å². The molecule has 1 heterocycles. The van der Waals surface area contributed by atoms with Crippen LogP contribution in [-0.4, -0.2) is 23.3 Å². The molecule has 0 aromatic heterocycles. The Morgan fingerprint density at radius 2 is 1.94 bits per heavy atom. The molecule has 2 aliphatic carbocycles. The Morgan fingerprint density at radius 1 is 1.19 bits per heavy atom. The van der Waals surface area contributed by atoms with Crippen molar-refractivity contribution < 1.29 is 14.3 Å². The smallest absolute Gasteiger partial charge is 0.341 e. The van der Waals surface area contributed by atoms with Crippen molar-refractivity contribution in [1.82, 2.24) is 0 Å². The van der Waals surface area contributed by atoms with Gasteiger partial charge in [-0.1, -0.05) is 6.42 Å². The predicted octanol–water partition coefficient (Wildman–Crippen LogP) is 2.57. The molecule has 3 heteroatoms. The van der Waals surface area contributed by atoms with Gasteiger partial charge in [0.2, 0.25) is 0 Å². The first kappa shape index (κ1) is 10.6. The second-order valence-corrected chi connectivity index (χ2v) is 5.68. The Kier molecular flexibility index (Phi) is 2.29. The highest BCUT2D eigenvalue weighted by Gasteiger charge is 2.75. The normalized spacial score (nSPS) is 42.8. The molecule has 1 aliphatic heterocycles. The molecule has 2 unspecified atom stereocenters. The molecule has 3 nitrogen and oxygen atoms in total. The second kappa shape index (κ2) is 3.46. The lowest BCUT2D eigenvalue weighted by Gasteiger charge is -2.23. The summed E-state index contributed by atoms with van der Waals surface area (Å²) in [6, 6.07) is 0. The summed E-state index contributed by atoms with van der Waals surface area (Å²) < 4.78 is 11.3. The van der Waals surface area contributed by atoms with Crippen LogP contribution in [0.4, 0.5) is 0 Å². The van der Waals surface area contributed by atoms with Crippen molar-refractivity contribution in [3.8, 4) is 0 Å². The largest absolute Gasteiger partial charge is 0.460 e. The molecule has 2 atom stereocenters. The third-order valence-electron chi connectivity index (χ3n) is 4.55. The van der Waals surface area contributed by atoms with E-state index in [-0.39, 0.29) is 17.7 Å². The summed E-state index contributed by atoms with van der Waals surface area (Å²) in [4.78, 5) is 12.1. The van der Waals surface area contributed by atoms with Crippen LogP contribution in [0.3, 0.4) is 0 Å². The minimum absolute atomic E-state index is 0.0839. The van der Waals surface area contributed by atoms with E-state index in [2.05, 4.69) is 0 Å². The summed E-state index contributed by atoms with van der Waals surface area (Å²) in [6.45, 7) is 2.04. The summed E-state index contributed by atoms with van der Waals surface area (Å²) >= 11 is 0. The highest BCUT2D eigenvalue weighted by atomic mass is 16.7. The molecule has 0 spiro atoms. The van der Waals surface area contributed by atoms with Gasteiger partial charge in [0.1, 0.15) is 11.7 Å². The first-order chi connectivity index (χ1) is 7.66. The van der Waals surface area contributed by atoms with Crippen LogP contribution < -0.4 is 0 Å². The fourth-order valence-corrected chi connectivity index (χ4v) is 3.39. The van der Waals surface area contributed by atoms with E-state index in [0.717, 1.165) is 32.1 Å². The van der Waals surface area contributed by atoms with Crippen LogP contribution in [0.5, 0.6) is 0 Å². The maximum atomic E-state index is 12.1. The van der Waals surface area contributed by atoms with Crippen LogP contribution in [0.25, 0.3) is 0 Å². The number of hydrogen-bond acceptors (Lipinski definition) is 3. The monoisotopic (exact) mass is 224 g/mol. The quantitative estimate of drug-likeness (QED) is 0.534. The zero-order chi connectivity index (χ0) is 11.2. The van der Waals surface area contributed by atoms with Crippen LogP contribution in [0.2, 0.25) is 0 Å². The van der Waals surface area contributed by atoms with Gasteiger partial charge in [0.25, 0.3) is 0 Å². The van der Waals surface area contributed by atoms with E-state index in [9.17, 15) is 4.79 Å². The molecule has 0 amide bonds. The first-order valence-corrected chi connectivity index (χ1v) is 6.58. The summed E-state index contributed by atoms with van der Waals surface area (Å²) in [5, 5.41) is 0. The van der Waals surface area contributed by atoms with E-state index >= 15 is 0 Å². The average Bonchev–Trinajstić information content (AvgIpc) is 2.75. The molecule has 0 N–H and O–H groups in total. The molecule has 3 aliphatic rings. The molecular formula is C13H20O3. The van der Waals surface area contributed by atoms with Crippen LogP contribution >= 0.6 is 0 Å². The van der Waals surface area contributed by atoms with E-state index in [1.165, 1.54) is 19.3 Å². The zero-order valence-electron chi connectivity index (χ0n) is 9.96. The first-order valence-electron chi connectivity index (χ1n) is 6.58. The molecule has 0 radical (unpaired) electrons. The number of fused-ring (bicyclic) bond motifs is 1. The van der Waals surface area contributed by atoms with Gasteiger partial charge < -0.3 is 9.47 Å². The van der Waals surface area contributed by atoms with Gasteiger partial charge in [-0.15, -0.1) is 0 Å². The van der Waals surface area contributed by atoms with E-state index in [1.807, 2.05) is 6.92 Å². The van der Waals surface area contributed by atoms with Crippen molar-refractivity contribution in [2.45, 2.75) is 75.6 Å². The van der Waals surface area contributed by atoms with Crippen LogP contribution in [0, 0.1) is 0 Å². The molecule has 0 aromatic carbocycles. The van der Waals surface area contributed by atoms with Gasteiger partial charge in [-0.25, -0.2) is 4.79 Å². The van der Waals surface area contributed by atoms with Gasteiger partial charge in [-0.2, -0.15) is 0 Å². The highest BCUT2D eigenvalue weighted by molar-refractivity contribution is 5.85. The molecule has 0 bridgehead atoms. The van der Waals surface area contributed by atoms with Crippen molar-refractivity contribution in [2.75, 3.05) is 0 Å². The Morgan fingerprint density at radius 3 is 2.50 bits per heavy atom. The number of epoxide rings is 1. The van der Waals surface area contributed by atoms with Crippen LogP contribution in [-0.2, 0) is 14.3 Å². The van der Waals surface area contributed by atoms with Crippen molar-refractivity contribution in [3.63, 3.8) is 0 Å². The lowest BCUT2D eigenvalue weighted by molar-refractivity contribution is -0.157. The molecule has 2 saturated carbocycles. The third-order valence-corrected chi connectivity index (χ3v) is 4.55. The van der Waals surface area contributed by atoms with Gasteiger partial charge in [-0.3, -0.25) is 0 Å². The molecule has 16 heavy (non-hydrogen) atoms. The average molecular weight is 224 g/mol. The third kappa shape index (κ3) is 1.41. The summed E-state index contributed by atoms with van der Waals surface area (Å²) in [5.74, 6) is -0.0839. The van der Waals surface area contributed by atoms with E-state index in [0.29, 0.717) is 0 Å². The SMILES string of the molecule is CC12CCCC1(C(=O)OC1CCCCC1)O2. The van der Waals surface area contributed by atoms with Crippen molar-refractivity contribution >= 4 is 5.97 Å². The second-order valence-electron chi connectivity index (χ2n) is 5.68.